The largest absolute Gasteiger partial charge is 0.491 e. The number of pyridine rings is 1. The Morgan fingerprint density at radius 2 is 1.97 bits per heavy atom. The van der Waals surface area contributed by atoms with Gasteiger partial charge in [0, 0.05) is 33.6 Å². The van der Waals surface area contributed by atoms with Gasteiger partial charge in [0.2, 0.25) is 0 Å². The van der Waals surface area contributed by atoms with Crippen LogP contribution in [0.4, 0.5) is 5.69 Å². The van der Waals surface area contributed by atoms with E-state index in [9.17, 15) is 9.59 Å². The lowest BCUT2D eigenvalue weighted by Gasteiger charge is -2.12. The van der Waals surface area contributed by atoms with Crippen molar-refractivity contribution in [2.45, 2.75) is 20.0 Å². The van der Waals surface area contributed by atoms with Gasteiger partial charge in [0.1, 0.15) is 11.3 Å². The lowest BCUT2D eigenvalue weighted by molar-refractivity contribution is 0.102. The van der Waals surface area contributed by atoms with E-state index in [4.69, 9.17) is 9.15 Å². The summed E-state index contributed by atoms with van der Waals surface area (Å²) in [6.45, 7) is 3.81. The zero-order valence-corrected chi connectivity index (χ0v) is 17.3. The fourth-order valence-corrected chi connectivity index (χ4v) is 3.56. The molecule has 0 aliphatic carbocycles. The van der Waals surface area contributed by atoms with Crippen molar-refractivity contribution >= 4 is 49.4 Å². The van der Waals surface area contributed by atoms with Crippen LogP contribution in [-0.2, 0) is 0 Å². The highest BCUT2D eigenvalue weighted by atomic mass is 79.9. The molecule has 0 unspecified atom stereocenters. The molecule has 7 heteroatoms. The van der Waals surface area contributed by atoms with Crippen LogP contribution >= 0.6 is 15.9 Å². The molecule has 0 bridgehead atoms. The second kappa shape index (κ2) is 7.67. The van der Waals surface area contributed by atoms with Crippen LogP contribution in [0.3, 0.4) is 0 Å². The Balaban J connectivity index is 1.76. The number of nitrogens with zero attached hydrogens (tertiary/aromatic N) is 1. The molecular weight excluding hydrogens is 436 g/mol. The Morgan fingerprint density at radius 1 is 1.14 bits per heavy atom. The molecule has 0 fully saturated rings. The van der Waals surface area contributed by atoms with Crippen molar-refractivity contribution in [2.75, 3.05) is 5.32 Å². The van der Waals surface area contributed by atoms with Crippen LogP contribution < -0.4 is 15.7 Å². The fourth-order valence-electron chi connectivity index (χ4n) is 3.10. The molecule has 0 atom stereocenters. The minimum absolute atomic E-state index is 0.0242. The molecule has 0 spiro atoms. The van der Waals surface area contributed by atoms with E-state index in [1.807, 2.05) is 32.0 Å². The Kier molecular flexibility index (Phi) is 5.07. The van der Waals surface area contributed by atoms with E-state index in [1.165, 1.54) is 6.07 Å². The molecule has 2 aromatic carbocycles. The van der Waals surface area contributed by atoms with Gasteiger partial charge in [0.15, 0.2) is 0 Å². The zero-order valence-electron chi connectivity index (χ0n) is 15.7. The predicted octanol–water partition coefficient (Wildman–Crippen LogP) is 5.14. The van der Waals surface area contributed by atoms with Crippen LogP contribution in [0.2, 0.25) is 0 Å². The molecule has 1 amide bonds. The number of hydrogen-bond donors (Lipinski definition) is 1. The normalized spacial score (nSPS) is 11.2. The quantitative estimate of drug-likeness (QED) is 0.433. The molecule has 4 aromatic rings. The first-order valence-corrected chi connectivity index (χ1v) is 9.81. The topological polar surface area (TPSA) is 81.4 Å². The summed E-state index contributed by atoms with van der Waals surface area (Å²) in [6, 6.07) is 13.6. The summed E-state index contributed by atoms with van der Waals surface area (Å²) in [5, 5.41) is 4.25. The van der Waals surface area contributed by atoms with Gasteiger partial charge in [-0.3, -0.25) is 9.78 Å². The van der Waals surface area contributed by atoms with Crippen molar-refractivity contribution in [1.82, 2.24) is 4.98 Å². The molecule has 4 rings (SSSR count). The number of aromatic nitrogens is 1. The van der Waals surface area contributed by atoms with Gasteiger partial charge in [-0.2, -0.15) is 0 Å². The zero-order chi connectivity index (χ0) is 20.5. The number of nitrogens with one attached hydrogen (secondary N) is 1. The van der Waals surface area contributed by atoms with Gasteiger partial charge in [-0.05, 0) is 44.2 Å². The molecule has 0 aliphatic rings. The average molecular weight is 453 g/mol. The van der Waals surface area contributed by atoms with Crippen LogP contribution in [0.1, 0.15) is 24.2 Å². The molecular formula is C22H17BrN2O4. The van der Waals surface area contributed by atoms with Gasteiger partial charge < -0.3 is 14.5 Å². The van der Waals surface area contributed by atoms with Gasteiger partial charge in [-0.15, -0.1) is 0 Å². The summed E-state index contributed by atoms with van der Waals surface area (Å²) < 4.78 is 11.8. The molecule has 2 heterocycles. The van der Waals surface area contributed by atoms with Crippen LogP contribution in [-0.4, -0.2) is 17.0 Å². The highest BCUT2D eigenvalue weighted by Crippen LogP contribution is 2.29. The summed E-state index contributed by atoms with van der Waals surface area (Å²) in [4.78, 5) is 29.4. The summed E-state index contributed by atoms with van der Waals surface area (Å²) >= 11 is 3.49. The summed E-state index contributed by atoms with van der Waals surface area (Å²) in [7, 11) is 0. The number of ether oxygens (including phenoxy) is 1. The molecule has 0 radical (unpaired) electrons. The molecule has 2 aromatic heterocycles. The molecule has 29 heavy (non-hydrogen) atoms. The van der Waals surface area contributed by atoms with Crippen molar-refractivity contribution in [3.05, 3.63) is 75.2 Å². The van der Waals surface area contributed by atoms with Crippen molar-refractivity contribution in [1.29, 1.82) is 0 Å². The molecule has 0 saturated carbocycles. The summed E-state index contributed by atoms with van der Waals surface area (Å²) in [5.41, 5.74) is 1.10. The van der Waals surface area contributed by atoms with Gasteiger partial charge in [0.25, 0.3) is 5.91 Å². The minimum atomic E-state index is -0.608. The van der Waals surface area contributed by atoms with E-state index in [2.05, 4.69) is 26.2 Å². The number of fused-ring (bicyclic) bond motifs is 2. The average Bonchev–Trinajstić information content (AvgIpc) is 2.69. The van der Waals surface area contributed by atoms with Crippen LogP contribution in [0.5, 0.6) is 5.75 Å². The number of rotatable bonds is 4. The summed E-state index contributed by atoms with van der Waals surface area (Å²) in [5.74, 6) is 0.144. The number of anilines is 1. The minimum Gasteiger partial charge on any atom is -0.491 e. The number of carbonyl (C=O) groups excluding carboxylic acids is 1. The third-order valence-electron chi connectivity index (χ3n) is 4.30. The fraction of sp³-hybridized carbons (Fsp3) is 0.136. The van der Waals surface area contributed by atoms with E-state index < -0.39 is 11.5 Å². The van der Waals surface area contributed by atoms with Crippen LogP contribution in [0.25, 0.3) is 21.9 Å². The lowest BCUT2D eigenvalue weighted by atomic mass is 10.1. The van der Waals surface area contributed by atoms with E-state index in [0.29, 0.717) is 27.9 Å². The highest BCUT2D eigenvalue weighted by molar-refractivity contribution is 9.10. The number of benzene rings is 2. The number of amides is 1. The monoisotopic (exact) mass is 452 g/mol. The van der Waals surface area contributed by atoms with E-state index >= 15 is 0 Å². The first-order chi connectivity index (χ1) is 13.9. The Labute approximate surface area is 174 Å². The lowest BCUT2D eigenvalue weighted by Crippen LogP contribution is -2.15. The standard InChI is InChI=1S/C22H17BrN2O4/c1-12(2)28-13-5-6-14-16(11-20(26)29-19(14)10-13)22(27)25-18-8-7-17(23)15-4-3-9-24-21(15)18/h3-12H,1-2H3,(H,25,27). The Hall–Kier alpha value is -3.19. The van der Waals surface area contributed by atoms with Crippen LogP contribution in [0, 0.1) is 0 Å². The van der Waals surface area contributed by atoms with Crippen molar-refractivity contribution in [3.8, 4) is 5.75 Å². The maximum atomic E-state index is 13.0. The van der Waals surface area contributed by atoms with Gasteiger partial charge >= 0.3 is 5.63 Å². The van der Waals surface area contributed by atoms with E-state index in [0.717, 1.165) is 9.86 Å². The molecule has 146 valence electrons. The van der Waals surface area contributed by atoms with Crippen molar-refractivity contribution in [3.63, 3.8) is 0 Å². The van der Waals surface area contributed by atoms with E-state index in [1.54, 1.807) is 30.5 Å². The van der Waals surface area contributed by atoms with Crippen LogP contribution in [0.15, 0.2) is 68.4 Å². The highest BCUT2D eigenvalue weighted by Gasteiger charge is 2.16. The second-order valence-corrected chi connectivity index (χ2v) is 7.61. The third-order valence-corrected chi connectivity index (χ3v) is 4.99. The first kappa shape index (κ1) is 19.1. The maximum Gasteiger partial charge on any atom is 0.337 e. The number of carbonyl (C=O) groups is 1. The first-order valence-electron chi connectivity index (χ1n) is 9.01. The molecule has 6 nitrogen and oxygen atoms in total. The molecule has 0 aliphatic heterocycles. The van der Waals surface area contributed by atoms with Crippen molar-refractivity contribution in [2.24, 2.45) is 0 Å². The third kappa shape index (κ3) is 3.86. The van der Waals surface area contributed by atoms with Gasteiger partial charge in [-0.1, -0.05) is 22.0 Å². The summed E-state index contributed by atoms with van der Waals surface area (Å²) in [6.07, 6.45) is 1.64. The molecule has 1 N–H and O–H groups in total. The Morgan fingerprint density at radius 3 is 2.76 bits per heavy atom. The van der Waals surface area contributed by atoms with E-state index in [-0.39, 0.29) is 11.7 Å². The second-order valence-electron chi connectivity index (χ2n) is 6.75. The number of halogens is 1. The molecule has 0 saturated heterocycles. The number of hydrogen-bond acceptors (Lipinski definition) is 5. The van der Waals surface area contributed by atoms with Gasteiger partial charge in [-0.25, -0.2) is 4.79 Å². The van der Waals surface area contributed by atoms with Gasteiger partial charge in [0.05, 0.1) is 22.9 Å². The predicted molar refractivity (Wildman–Crippen MR) is 116 cm³/mol. The Bertz CT molecular complexity index is 1300. The maximum absolute atomic E-state index is 13.0. The smallest absolute Gasteiger partial charge is 0.337 e. The van der Waals surface area contributed by atoms with Crippen molar-refractivity contribution < 1.29 is 13.9 Å². The SMILES string of the molecule is CC(C)Oc1ccc2c(C(=O)Nc3ccc(Br)c4cccnc34)cc(=O)oc2c1.